The molecule has 92 valence electrons. The second-order valence-electron chi connectivity index (χ2n) is 4.87. The van der Waals surface area contributed by atoms with Crippen LogP contribution in [0.4, 0.5) is 0 Å². The maximum Gasteiger partial charge on any atom is 0.220 e. The van der Waals surface area contributed by atoms with Gasteiger partial charge in [-0.2, -0.15) is 0 Å². The van der Waals surface area contributed by atoms with E-state index in [9.17, 15) is 4.79 Å². The van der Waals surface area contributed by atoms with Gasteiger partial charge in [0.15, 0.2) is 0 Å². The van der Waals surface area contributed by atoms with Gasteiger partial charge in [-0.3, -0.25) is 4.79 Å². The van der Waals surface area contributed by atoms with Crippen molar-refractivity contribution in [3.8, 4) is 0 Å². The van der Waals surface area contributed by atoms with E-state index < -0.39 is 0 Å². The van der Waals surface area contributed by atoms with Gasteiger partial charge in [-0.15, -0.1) is 0 Å². The van der Waals surface area contributed by atoms with Crippen LogP contribution in [-0.2, 0) is 11.2 Å². The van der Waals surface area contributed by atoms with E-state index in [0.29, 0.717) is 13.0 Å². The highest BCUT2D eigenvalue weighted by molar-refractivity contribution is 5.77. The molecule has 1 fully saturated rings. The smallest absolute Gasteiger partial charge is 0.220 e. The molecule has 1 aliphatic rings. The Balaban J connectivity index is 1.67. The molecular weight excluding hydrogens is 212 g/mol. The zero-order chi connectivity index (χ0) is 12.1. The van der Waals surface area contributed by atoms with Gasteiger partial charge in [0.1, 0.15) is 0 Å². The molecule has 0 aromatic heterocycles. The predicted octanol–water partition coefficient (Wildman–Crippen LogP) is 1.62. The monoisotopic (exact) mass is 232 g/mol. The van der Waals surface area contributed by atoms with Crippen molar-refractivity contribution in [3.05, 3.63) is 35.9 Å². The Labute approximate surface area is 102 Å². The molecule has 0 heterocycles. The lowest BCUT2D eigenvalue weighted by molar-refractivity contribution is -0.122. The van der Waals surface area contributed by atoms with Crippen molar-refractivity contribution < 1.29 is 4.79 Å². The fraction of sp³-hybridized carbons (Fsp3) is 0.500. The van der Waals surface area contributed by atoms with Crippen LogP contribution in [-0.4, -0.2) is 18.0 Å². The maximum absolute atomic E-state index is 11.7. The third-order valence-corrected chi connectivity index (χ3v) is 3.36. The number of nitrogens with one attached hydrogen (secondary N) is 1. The van der Waals surface area contributed by atoms with Crippen molar-refractivity contribution in [2.45, 2.75) is 37.6 Å². The van der Waals surface area contributed by atoms with Gasteiger partial charge in [-0.05, 0) is 31.2 Å². The van der Waals surface area contributed by atoms with Crippen molar-refractivity contribution >= 4 is 5.91 Å². The van der Waals surface area contributed by atoms with E-state index in [2.05, 4.69) is 17.4 Å². The van der Waals surface area contributed by atoms with Crippen molar-refractivity contribution in [3.63, 3.8) is 0 Å². The topological polar surface area (TPSA) is 55.1 Å². The van der Waals surface area contributed by atoms with Gasteiger partial charge >= 0.3 is 0 Å². The first-order chi connectivity index (χ1) is 8.24. The third-order valence-electron chi connectivity index (χ3n) is 3.36. The maximum atomic E-state index is 11.7. The Bertz CT molecular complexity index is 371. The molecular formula is C14H20N2O. The molecule has 0 unspecified atom stereocenters. The van der Waals surface area contributed by atoms with Crippen LogP contribution in [0.15, 0.2) is 30.3 Å². The van der Waals surface area contributed by atoms with Gasteiger partial charge in [0.25, 0.3) is 0 Å². The molecule has 1 aromatic rings. The fourth-order valence-electron chi connectivity index (χ4n) is 1.99. The van der Waals surface area contributed by atoms with E-state index in [1.54, 1.807) is 0 Å². The number of benzene rings is 1. The molecule has 3 nitrogen and oxygen atoms in total. The number of amides is 1. The Morgan fingerprint density at radius 2 is 2.00 bits per heavy atom. The van der Waals surface area contributed by atoms with Gasteiger partial charge in [0, 0.05) is 13.0 Å². The summed E-state index contributed by atoms with van der Waals surface area (Å²) in [4.78, 5) is 11.7. The minimum absolute atomic E-state index is 0.0518. The molecule has 0 aliphatic heterocycles. The number of hydrogen-bond donors (Lipinski definition) is 2. The summed E-state index contributed by atoms with van der Waals surface area (Å²) in [6.07, 6.45) is 4.53. The Kier molecular flexibility index (Phi) is 3.79. The average molecular weight is 232 g/mol. The highest BCUT2D eigenvalue weighted by Gasteiger charge is 2.42. The number of nitrogens with two attached hydrogens (primary N) is 1. The molecule has 0 atom stereocenters. The zero-order valence-electron chi connectivity index (χ0n) is 10.1. The molecule has 1 amide bonds. The number of aryl methyl sites for hydroxylation is 1. The van der Waals surface area contributed by atoms with Crippen LogP contribution in [0.25, 0.3) is 0 Å². The molecule has 1 aromatic carbocycles. The van der Waals surface area contributed by atoms with Gasteiger partial charge in [0.2, 0.25) is 5.91 Å². The molecule has 1 aliphatic carbocycles. The second kappa shape index (κ2) is 5.32. The molecule has 3 N–H and O–H groups in total. The van der Waals surface area contributed by atoms with Crippen LogP contribution >= 0.6 is 0 Å². The van der Waals surface area contributed by atoms with E-state index in [1.165, 1.54) is 5.56 Å². The van der Waals surface area contributed by atoms with E-state index in [4.69, 9.17) is 5.73 Å². The van der Waals surface area contributed by atoms with Crippen molar-refractivity contribution in [2.24, 2.45) is 5.73 Å². The van der Waals surface area contributed by atoms with E-state index in [0.717, 1.165) is 25.7 Å². The minimum atomic E-state index is -0.0518. The van der Waals surface area contributed by atoms with Crippen molar-refractivity contribution in [1.29, 1.82) is 0 Å². The largest absolute Gasteiger partial charge is 0.349 e. The lowest BCUT2D eigenvalue weighted by atomic mass is 10.1. The number of rotatable bonds is 6. The van der Waals surface area contributed by atoms with E-state index in [-0.39, 0.29) is 11.4 Å². The van der Waals surface area contributed by atoms with Crippen LogP contribution in [0.3, 0.4) is 0 Å². The molecule has 3 heteroatoms. The van der Waals surface area contributed by atoms with Crippen LogP contribution in [0.5, 0.6) is 0 Å². The van der Waals surface area contributed by atoms with Crippen LogP contribution in [0.2, 0.25) is 0 Å². The lowest BCUT2D eigenvalue weighted by Crippen LogP contribution is -2.42. The van der Waals surface area contributed by atoms with Crippen molar-refractivity contribution in [1.82, 2.24) is 5.32 Å². The Morgan fingerprint density at radius 3 is 2.59 bits per heavy atom. The number of carbonyl (C=O) groups excluding carboxylic acids is 1. The summed E-state index contributed by atoms with van der Waals surface area (Å²) < 4.78 is 0. The SMILES string of the molecule is NCC1(NC(=O)CCCc2ccccc2)CC1. The van der Waals surface area contributed by atoms with Gasteiger partial charge in [0.05, 0.1) is 5.54 Å². The van der Waals surface area contributed by atoms with Gasteiger partial charge in [-0.25, -0.2) is 0 Å². The Morgan fingerprint density at radius 1 is 1.29 bits per heavy atom. The summed E-state index contributed by atoms with van der Waals surface area (Å²) >= 11 is 0. The van der Waals surface area contributed by atoms with Gasteiger partial charge in [-0.1, -0.05) is 30.3 Å². The third kappa shape index (κ3) is 3.56. The van der Waals surface area contributed by atoms with Gasteiger partial charge < -0.3 is 11.1 Å². The first kappa shape index (κ1) is 12.1. The molecule has 0 bridgehead atoms. The second-order valence-corrected chi connectivity index (χ2v) is 4.87. The zero-order valence-corrected chi connectivity index (χ0v) is 10.1. The standard InChI is InChI=1S/C14H20N2O/c15-11-14(9-10-14)16-13(17)8-4-7-12-5-2-1-3-6-12/h1-3,5-6H,4,7-11,15H2,(H,16,17). The molecule has 17 heavy (non-hydrogen) atoms. The summed E-state index contributed by atoms with van der Waals surface area (Å²) in [7, 11) is 0. The fourth-order valence-corrected chi connectivity index (χ4v) is 1.99. The number of hydrogen-bond acceptors (Lipinski definition) is 2. The molecule has 0 spiro atoms. The molecule has 0 radical (unpaired) electrons. The summed E-state index contributed by atoms with van der Waals surface area (Å²) in [6.45, 7) is 0.567. The molecule has 1 saturated carbocycles. The van der Waals surface area contributed by atoms with Crippen LogP contribution in [0.1, 0.15) is 31.2 Å². The normalized spacial score (nSPS) is 16.5. The highest BCUT2D eigenvalue weighted by Crippen LogP contribution is 2.33. The quantitative estimate of drug-likeness (QED) is 0.783. The summed E-state index contributed by atoms with van der Waals surface area (Å²) in [5, 5.41) is 3.04. The Hall–Kier alpha value is -1.35. The summed E-state index contributed by atoms with van der Waals surface area (Å²) in [5.74, 6) is 0.142. The minimum Gasteiger partial charge on any atom is -0.349 e. The summed E-state index contributed by atoms with van der Waals surface area (Å²) in [5.41, 5.74) is 6.86. The van der Waals surface area contributed by atoms with E-state index in [1.807, 2.05) is 18.2 Å². The first-order valence-electron chi connectivity index (χ1n) is 6.29. The first-order valence-corrected chi connectivity index (χ1v) is 6.29. The number of carbonyl (C=O) groups is 1. The molecule has 2 rings (SSSR count). The van der Waals surface area contributed by atoms with Crippen LogP contribution < -0.4 is 11.1 Å². The van der Waals surface area contributed by atoms with Crippen LogP contribution in [0, 0.1) is 0 Å². The molecule has 0 saturated heterocycles. The van der Waals surface area contributed by atoms with Crippen molar-refractivity contribution in [2.75, 3.05) is 6.54 Å². The lowest BCUT2D eigenvalue weighted by Gasteiger charge is -2.14. The average Bonchev–Trinajstić information content (AvgIpc) is 3.11. The predicted molar refractivity (Wildman–Crippen MR) is 68.5 cm³/mol. The summed E-state index contributed by atoms with van der Waals surface area (Å²) in [6, 6.07) is 10.3. The van der Waals surface area contributed by atoms with E-state index >= 15 is 0 Å². The highest BCUT2D eigenvalue weighted by atomic mass is 16.1.